The largest absolute Gasteiger partial charge is 0.494 e. The molecular formula is C23H29N3O2. The molecule has 0 aromatic heterocycles. The first kappa shape index (κ1) is 18.8. The van der Waals surface area contributed by atoms with Crippen molar-refractivity contribution in [3.63, 3.8) is 0 Å². The van der Waals surface area contributed by atoms with Crippen LogP contribution in [-0.2, 0) is 6.42 Å². The Labute approximate surface area is 167 Å². The zero-order valence-corrected chi connectivity index (χ0v) is 16.4. The molecule has 5 nitrogen and oxygen atoms in total. The van der Waals surface area contributed by atoms with E-state index in [0.717, 1.165) is 43.1 Å². The Balaban J connectivity index is 1.28. The van der Waals surface area contributed by atoms with Crippen LogP contribution < -0.4 is 15.0 Å². The van der Waals surface area contributed by atoms with E-state index in [4.69, 9.17) is 4.74 Å². The molecule has 1 N–H and O–H groups in total. The van der Waals surface area contributed by atoms with Crippen LogP contribution in [0.5, 0.6) is 5.75 Å². The van der Waals surface area contributed by atoms with Crippen LogP contribution in [0.25, 0.3) is 0 Å². The average molecular weight is 380 g/mol. The number of carbonyl (C=O) groups excluding carboxylic acids is 1. The first-order valence-corrected chi connectivity index (χ1v) is 10.4. The number of anilines is 2. The molecule has 148 valence electrons. The molecule has 0 saturated carbocycles. The van der Waals surface area contributed by atoms with Crippen LogP contribution in [0.2, 0.25) is 0 Å². The maximum Gasteiger partial charge on any atom is 0.326 e. The number of fused-ring (bicyclic) bond motifs is 1. The second kappa shape index (κ2) is 9.11. The molecule has 0 aliphatic carbocycles. The van der Waals surface area contributed by atoms with Crippen molar-refractivity contribution in [3.05, 3.63) is 54.1 Å². The molecule has 2 aromatic rings. The number of urea groups is 1. The lowest BCUT2D eigenvalue weighted by Crippen LogP contribution is -2.33. The third-order valence-corrected chi connectivity index (χ3v) is 5.55. The van der Waals surface area contributed by atoms with Crippen molar-refractivity contribution in [1.29, 1.82) is 0 Å². The zero-order chi connectivity index (χ0) is 19.2. The van der Waals surface area contributed by atoms with Crippen LogP contribution >= 0.6 is 0 Å². The molecule has 0 radical (unpaired) electrons. The lowest BCUT2D eigenvalue weighted by molar-refractivity contribution is 0.205. The number of ether oxygens (including phenoxy) is 1. The fourth-order valence-corrected chi connectivity index (χ4v) is 4.05. The number of likely N-dealkylation sites (tertiary alicyclic amines) is 1. The summed E-state index contributed by atoms with van der Waals surface area (Å²) >= 11 is 0. The molecule has 5 heteroatoms. The second-order valence-corrected chi connectivity index (χ2v) is 7.59. The van der Waals surface area contributed by atoms with Crippen LogP contribution in [0, 0.1) is 0 Å². The summed E-state index contributed by atoms with van der Waals surface area (Å²) in [5.41, 5.74) is 2.97. The maximum absolute atomic E-state index is 12.6. The predicted octanol–water partition coefficient (Wildman–Crippen LogP) is 4.54. The van der Waals surface area contributed by atoms with Crippen molar-refractivity contribution >= 4 is 17.4 Å². The Morgan fingerprint density at radius 1 is 1.00 bits per heavy atom. The number of piperidine rings is 1. The molecule has 2 aromatic carbocycles. The Kier molecular flexibility index (Phi) is 6.12. The van der Waals surface area contributed by atoms with Crippen LogP contribution in [0.3, 0.4) is 0 Å². The maximum atomic E-state index is 12.6. The monoisotopic (exact) mass is 379 g/mol. The number of amides is 2. The molecule has 0 unspecified atom stereocenters. The van der Waals surface area contributed by atoms with Gasteiger partial charge in [0.05, 0.1) is 6.61 Å². The van der Waals surface area contributed by atoms with E-state index in [1.54, 1.807) is 0 Å². The van der Waals surface area contributed by atoms with Gasteiger partial charge in [0.2, 0.25) is 0 Å². The van der Waals surface area contributed by atoms with Crippen molar-refractivity contribution in [2.75, 3.05) is 43.0 Å². The van der Waals surface area contributed by atoms with E-state index in [9.17, 15) is 4.79 Å². The summed E-state index contributed by atoms with van der Waals surface area (Å²) in [6, 6.07) is 15.6. The number of nitrogens with one attached hydrogen (secondary N) is 1. The second-order valence-electron chi connectivity index (χ2n) is 7.59. The van der Waals surface area contributed by atoms with Crippen LogP contribution in [0.1, 0.15) is 31.2 Å². The minimum Gasteiger partial charge on any atom is -0.494 e. The Morgan fingerprint density at radius 2 is 1.82 bits per heavy atom. The number of carbonyl (C=O) groups is 1. The number of para-hydroxylation sites is 1. The minimum absolute atomic E-state index is 0.0832. The van der Waals surface area contributed by atoms with E-state index in [0.29, 0.717) is 6.54 Å². The van der Waals surface area contributed by atoms with Gasteiger partial charge in [0.15, 0.2) is 0 Å². The first-order valence-electron chi connectivity index (χ1n) is 10.4. The molecule has 2 aliphatic rings. The molecule has 0 bridgehead atoms. The summed E-state index contributed by atoms with van der Waals surface area (Å²) in [6.45, 7) is 5.04. The smallest absolute Gasteiger partial charge is 0.326 e. The summed E-state index contributed by atoms with van der Waals surface area (Å²) in [5.74, 6) is 0.905. The summed E-state index contributed by atoms with van der Waals surface area (Å²) in [7, 11) is 0. The lowest BCUT2D eigenvalue weighted by atomic mass is 10.1. The van der Waals surface area contributed by atoms with Gasteiger partial charge in [0.25, 0.3) is 0 Å². The molecule has 2 heterocycles. The summed E-state index contributed by atoms with van der Waals surface area (Å²) in [4.78, 5) is 17.0. The lowest BCUT2D eigenvalue weighted by Gasteiger charge is -2.26. The topological polar surface area (TPSA) is 44.8 Å². The van der Waals surface area contributed by atoms with Gasteiger partial charge in [-0.1, -0.05) is 24.6 Å². The van der Waals surface area contributed by atoms with Gasteiger partial charge in [-0.05, 0) is 74.7 Å². The fraction of sp³-hybridized carbons (Fsp3) is 0.435. The number of hydrogen-bond donors (Lipinski definition) is 1. The average Bonchev–Trinajstić information content (AvgIpc) is 3.16. The van der Waals surface area contributed by atoms with Crippen LogP contribution in [0.4, 0.5) is 16.2 Å². The molecule has 0 atom stereocenters. The van der Waals surface area contributed by atoms with Gasteiger partial charge < -0.3 is 15.0 Å². The molecule has 2 amide bonds. The molecular weight excluding hydrogens is 350 g/mol. The van der Waals surface area contributed by atoms with Gasteiger partial charge in [0.1, 0.15) is 5.75 Å². The zero-order valence-electron chi connectivity index (χ0n) is 16.4. The third-order valence-electron chi connectivity index (χ3n) is 5.55. The van der Waals surface area contributed by atoms with E-state index < -0.39 is 0 Å². The van der Waals surface area contributed by atoms with Gasteiger partial charge in [-0.2, -0.15) is 0 Å². The van der Waals surface area contributed by atoms with Gasteiger partial charge in [0, 0.05) is 24.5 Å². The van der Waals surface area contributed by atoms with Crippen molar-refractivity contribution < 1.29 is 9.53 Å². The summed E-state index contributed by atoms with van der Waals surface area (Å²) in [5, 5.41) is 2.96. The van der Waals surface area contributed by atoms with E-state index in [-0.39, 0.29) is 6.03 Å². The highest BCUT2D eigenvalue weighted by atomic mass is 16.5. The Morgan fingerprint density at radius 3 is 2.64 bits per heavy atom. The normalized spacial score (nSPS) is 16.6. The van der Waals surface area contributed by atoms with Gasteiger partial charge in [-0.25, -0.2) is 4.79 Å². The Hall–Kier alpha value is -2.53. The number of benzene rings is 2. The van der Waals surface area contributed by atoms with E-state index in [2.05, 4.69) is 16.3 Å². The van der Waals surface area contributed by atoms with Crippen molar-refractivity contribution in [2.24, 2.45) is 0 Å². The molecule has 0 spiro atoms. The molecule has 1 saturated heterocycles. The van der Waals surface area contributed by atoms with E-state index >= 15 is 0 Å². The standard InChI is InChI=1S/C23H29N3O2/c27-23(24-20-8-3-1-4-9-20)26-16-12-19-18-21(10-11-22(19)26)28-17-7-15-25-13-5-2-6-14-25/h1,3-4,8-11,18H,2,5-7,12-17H2,(H,24,27). The Bertz CT molecular complexity index is 788. The predicted molar refractivity (Wildman–Crippen MR) is 113 cm³/mol. The van der Waals surface area contributed by atoms with Gasteiger partial charge in [-0.3, -0.25) is 4.90 Å². The first-order chi connectivity index (χ1) is 13.8. The van der Waals surface area contributed by atoms with Crippen LogP contribution in [0.15, 0.2) is 48.5 Å². The summed E-state index contributed by atoms with van der Waals surface area (Å²) in [6.07, 6.45) is 5.97. The quantitative estimate of drug-likeness (QED) is 0.750. The third kappa shape index (κ3) is 4.65. The van der Waals surface area contributed by atoms with E-state index in [1.165, 1.54) is 37.9 Å². The highest BCUT2D eigenvalue weighted by molar-refractivity contribution is 6.03. The van der Waals surface area contributed by atoms with Crippen molar-refractivity contribution in [3.8, 4) is 5.75 Å². The molecule has 2 aliphatic heterocycles. The minimum atomic E-state index is -0.0832. The summed E-state index contributed by atoms with van der Waals surface area (Å²) < 4.78 is 5.97. The highest BCUT2D eigenvalue weighted by Gasteiger charge is 2.25. The SMILES string of the molecule is O=C(Nc1ccccc1)N1CCc2cc(OCCCN3CCCCC3)ccc21. The van der Waals surface area contributed by atoms with Gasteiger partial charge in [-0.15, -0.1) is 0 Å². The van der Waals surface area contributed by atoms with Crippen LogP contribution in [-0.4, -0.2) is 43.7 Å². The van der Waals surface area contributed by atoms with Crippen molar-refractivity contribution in [2.45, 2.75) is 32.1 Å². The van der Waals surface area contributed by atoms with Gasteiger partial charge >= 0.3 is 6.03 Å². The molecule has 1 fully saturated rings. The molecule has 4 rings (SSSR count). The number of hydrogen-bond acceptors (Lipinski definition) is 3. The van der Waals surface area contributed by atoms with Crippen molar-refractivity contribution in [1.82, 2.24) is 4.90 Å². The van der Waals surface area contributed by atoms with E-state index in [1.807, 2.05) is 47.4 Å². The highest BCUT2D eigenvalue weighted by Crippen LogP contribution is 2.32. The fourth-order valence-electron chi connectivity index (χ4n) is 4.05. The number of rotatable bonds is 6. The number of nitrogens with zero attached hydrogens (tertiary/aromatic N) is 2. The molecule has 28 heavy (non-hydrogen) atoms.